The number of aromatic nitrogens is 8. The van der Waals surface area contributed by atoms with Gasteiger partial charge in [0, 0.05) is 23.2 Å². The van der Waals surface area contributed by atoms with E-state index in [1.165, 1.54) is 22.7 Å². The molecule has 0 aliphatic carbocycles. The molecule has 0 unspecified atom stereocenters. The summed E-state index contributed by atoms with van der Waals surface area (Å²) in [5, 5.41) is 5.54. The first-order chi connectivity index (χ1) is 33.7. The standard InChI is InChI=1S/C50H48N8O8S2/c1-3-17-51-39(7-1)41-9-5-11-43(57-41)49-55-37(33-67-49)31-63-29-35-13-15-45-47(53-35)48-46(66-28-26-62-24-22-60-20-19-59-21-23-61-25-27-65-45)16-14-36(54-48)30-64-32-38-34-68-50(56-38)44-12-6-10-42(58-44)40-8-2-4-18-52-40/h1-18,33-34H,19-32H2. The van der Waals surface area contributed by atoms with Crippen molar-refractivity contribution in [2.45, 2.75) is 26.4 Å². The number of rotatable bonds is 12. The molecule has 0 spiro atoms. The molecule has 0 bridgehead atoms. The van der Waals surface area contributed by atoms with E-state index in [-0.39, 0.29) is 39.6 Å². The van der Waals surface area contributed by atoms with Gasteiger partial charge in [-0.25, -0.2) is 29.9 Å². The highest BCUT2D eigenvalue weighted by Gasteiger charge is 2.19. The van der Waals surface area contributed by atoms with Gasteiger partial charge in [-0.05, 0) is 72.8 Å². The van der Waals surface area contributed by atoms with Crippen LogP contribution in [0.15, 0.2) is 120 Å². The quantitative estimate of drug-likeness (QED) is 0.114. The normalized spacial score (nSPS) is 14.2. The van der Waals surface area contributed by atoms with Crippen LogP contribution in [-0.4, -0.2) is 106 Å². The molecule has 0 aromatic carbocycles. The molecular weight excluding hydrogens is 905 g/mol. The Labute approximate surface area is 401 Å². The largest absolute Gasteiger partial charge is 0.489 e. The summed E-state index contributed by atoms with van der Waals surface area (Å²) in [4.78, 5) is 38.3. The summed E-state index contributed by atoms with van der Waals surface area (Å²) in [5.74, 6) is 1.01. The van der Waals surface area contributed by atoms with Crippen molar-refractivity contribution in [2.75, 3.05) is 66.1 Å². The molecular formula is C50H48N8O8S2. The molecule has 1 aliphatic heterocycles. The van der Waals surface area contributed by atoms with Crippen molar-refractivity contribution in [3.8, 4) is 67.1 Å². The van der Waals surface area contributed by atoms with E-state index in [1.54, 1.807) is 12.4 Å². The summed E-state index contributed by atoms with van der Waals surface area (Å²) in [6.45, 7) is 4.83. The lowest BCUT2D eigenvalue weighted by atomic mass is 10.1. The predicted molar refractivity (Wildman–Crippen MR) is 256 cm³/mol. The van der Waals surface area contributed by atoms with Crippen LogP contribution in [0.3, 0.4) is 0 Å². The van der Waals surface area contributed by atoms with E-state index >= 15 is 0 Å². The van der Waals surface area contributed by atoms with E-state index < -0.39 is 0 Å². The second-order valence-electron chi connectivity index (χ2n) is 15.0. The maximum Gasteiger partial charge on any atom is 0.147 e. The summed E-state index contributed by atoms with van der Waals surface area (Å²) < 4.78 is 47.9. The summed E-state index contributed by atoms with van der Waals surface area (Å²) in [6, 6.07) is 30.7. The van der Waals surface area contributed by atoms with Gasteiger partial charge in [0.25, 0.3) is 0 Å². The van der Waals surface area contributed by atoms with Gasteiger partial charge in [0.05, 0.1) is 136 Å². The zero-order valence-electron chi connectivity index (χ0n) is 37.1. The Bertz CT molecular complexity index is 2630. The van der Waals surface area contributed by atoms with E-state index in [0.29, 0.717) is 87.1 Å². The van der Waals surface area contributed by atoms with E-state index in [4.69, 9.17) is 67.8 Å². The van der Waals surface area contributed by atoms with E-state index in [1.807, 2.05) is 108 Å². The minimum absolute atomic E-state index is 0.199. The number of hydrogen-bond donors (Lipinski definition) is 0. The molecule has 9 rings (SSSR count). The summed E-state index contributed by atoms with van der Waals surface area (Å²) in [6.07, 6.45) is 3.51. The maximum atomic E-state index is 6.31. The van der Waals surface area contributed by atoms with Crippen LogP contribution >= 0.6 is 22.7 Å². The van der Waals surface area contributed by atoms with Crippen LogP contribution in [0.5, 0.6) is 11.5 Å². The molecule has 0 radical (unpaired) electrons. The van der Waals surface area contributed by atoms with Crippen LogP contribution in [0.1, 0.15) is 22.8 Å². The summed E-state index contributed by atoms with van der Waals surface area (Å²) in [7, 11) is 0. The van der Waals surface area contributed by atoms with Crippen molar-refractivity contribution >= 4 is 22.7 Å². The Morgan fingerprint density at radius 3 is 1.19 bits per heavy atom. The predicted octanol–water partition coefficient (Wildman–Crippen LogP) is 8.58. The number of hydrogen-bond acceptors (Lipinski definition) is 18. The highest BCUT2D eigenvalue weighted by Crippen LogP contribution is 2.35. The Hall–Kier alpha value is -6.48. The lowest BCUT2D eigenvalue weighted by Crippen LogP contribution is -2.15. The van der Waals surface area contributed by atoms with Gasteiger partial charge in [-0.1, -0.05) is 24.3 Å². The SMILES string of the molecule is c1ccc(-c2cccc(-c3nc(COCc4ccc5c(n4)-c4nc(COCc6csc(-c7cccc(-c8ccccn8)n7)n6)ccc4OCCOCCOCCOCCOCCO5)cs3)n2)nc1. The van der Waals surface area contributed by atoms with Gasteiger partial charge >= 0.3 is 0 Å². The molecule has 16 nitrogen and oxygen atoms in total. The second kappa shape index (κ2) is 24.5. The minimum atomic E-state index is 0.199. The van der Waals surface area contributed by atoms with Gasteiger partial charge in [-0.3, -0.25) is 9.97 Å². The molecule has 68 heavy (non-hydrogen) atoms. The third kappa shape index (κ3) is 13.1. The van der Waals surface area contributed by atoms with Crippen molar-refractivity contribution in [3.05, 3.63) is 143 Å². The number of nitrogens with zero attached hydrogens (tertiary/aromatic N) is 8. The molecule has 0 saturated heterocycles. The topological polar surface area (TPSA) is 177 Å². The second-order valence-corrected chi connectivity index (χ2v) is 16.7. The molecule has 1 aliphatic rings. The lowest BCUT2D eigenvalue weighted by Gasteiger charge is -2.17. The summed E-state index contributed by atoms with van der Waals surface area (Å²) >= 11 is 3.02. The molecule has 0 atom stereocenters. The smallest absolute Gasteiger partial charge is 0.147 e. The van der Waals surface area contributed by atoms with Crippen LogP contribution < -0.4 is 9.47 Å². The van der Waals surface area contributed by atoms with Crippen LogP contribution in [0.4, 0.5) is 0 Å². The highest BCUT2D eigenvalue weighted by atomic mass is 32.1. The van der Waals surface area contributed by atoms with E-state index in [9.17, 15) is 0 Å². The molecule has 0 saturated carbocycles. The molecule has 348 valence electrons. The van der Waals surface area contributed by atoms with Crippen LogP contribution in [-0.2, 0) is 54.8 Å². The maximum absolute atomic E-state index is 6.31. The highest BCUT2D eigenvalue weighted by molar-refractivity contribution is 7.13. The third-order valence-electron chi connectivity index (χ3n) is 10.0. The molecule has 8 aromatic heterocycles. The number of thiazole rings is 2. The van der Waals surface area contributed by atoms with Gasteiger partial charge in [0.1, 0.15) is 46.1 Å². The van der Waals surface area contributed by atoms with Crippen molar-refractivity contribution in [1.82, 2.24) is 39.9 Å². The van der Waals surface area contributed by atoms with Crippen molar-refractivity contribution in [2.24, 2.45) is 0 Å². The third-order valence-corrected chi connectivity index (χ3v) is 11.9. The average Bonchev–Trinajstić information content (AvgIpc) is 4.08. The number of ether oxygens (including phenoxy) is 8. The fourth-order valence-corrected chi connectivity index (χ4v) is 8.36. The zero-order valence-corrected chi connectivity index (χ0v) is 38.7. The minimum Gasteiger partial charge on any atom is -0.489 e. The van der Waals surface area contributed by atoms with Gasteiger partial charge in [-0.2, -0.15) is 0 Å². The molecule has 9 heterocycles. The lowest BCUT2D eigenvalue weighted by molar-refractivity contribution is -0.00707. The first kappa shape index (κ1) is 46.6. The van der Waals surface area contributed by atoms with Gasteiger partial charge in [0.2, 0.25) is 0 Å². The van der Waals surface area contributed by atoms with Gasteiger partial charge in [-0.15, -0.1) is 22.7 Å². The zero-order chi connectivity index (χ0) is 46.0. The van der Waals surface area contributed by atoms with E-state index in [0.717, 1.165) is 55.6 Å². The van der Waals surface area contributed by atoms with Gasteiger partial charge < -0.3 is 37.9 Å². The molecule has 0 fully saturated rings. The Kier molecular flexibility index (Phi) is 16.8. The van der Waals surface area contributed by atoms with E-state index in [2.05, 4.69) is 9.97 Å². The Balaban J connectivity index is 0.907. The monoisotopic (exact) mass is 952 g/mol. The first-order valence-corrected chi connectivity index (χ1v) is 23.9. The molecule has 0 amide bonds. The first-order valence-electron chi connectivity index (χ1n) is 22.1. The fourth-order valence-electron chi connectivity index (χ4n) is 6.81. The molecule has 18 heteroatoms. The number of fused-ring (bicyclic) bond motifs is 3. The average molecular weight is 953 g/mol. The van der Waals surface area contributed by atoms with Crippen LogP contribution in [0.25, 0.3) is 55.6 Å². The Morgan fingerprint density at radius 1 is 0.368 bits per heavy atom. The van der Waals surface area contributed by atoms with Crippen LogP contribution in [0.2, 0.25) is 0 Å². The molecule has 0 N–H and O–H groups in total. The number of pyridine rings is 6. The van der Waals surface area contributed by atoms with Crippen molar-refractivity contribution < 1.29 is 37.9 Å². The van der Waals surface area contributed by atoms with Crippen molar-refractivity contribution in [3.63, 3.8) is 0 Å². The van der Waals surface area contributed by atoms with Crippen molar-refractivity contribution in [1.29, 1.82) is 0 Å². The molecule has 8 aromatic rings. The van der Waals surface area contributed by atoms with Crippen LogP contribution in [0, 0.1) is 0 Å². The fraction of sp³-hybridized carbons (Fsp3) is 0.280. The Morgan fingerprint density at radius 2 is 0.765 bits per heavy atom. The summed E-state index contributed by atoms with van der Waals surface area (Å²) in [5.41, 5.74) is 8.56. The van der Waals surface area contributed by atoms with Gasteiger partial charge in [0.15, 0.2) is 0 Å².